The molecule has 0 heterocycles. The molecule has 0 bridgehead atoms. The quantitative estimate of drug-likeness (QED) is 0.591. The van der Waals surface area contributed by atoms with Crippen LogP contribution in [0, 0.1) is 0 Å². The highest BCUT2D eigenvalue weighted by Crippen LogP contribution is 2.27. The van der Waals surface area contributed by atoms with Crippen LogP contribution in [0.5, 0.6) is 5.75 Å². The Bertz CT molecular complexity index is 860. The van der Waals surface area contributed by atoms with Crippen LogP contribution in [-0.4, -0.2) is 22.9 Å². The normalized spacial score (nSPS) is 10.5. The van der Waals surface area contributed by atoms with Gasteiger partial charge >= 0.3 is 6.03 Å². The van der Waals surface area contributed by atoms with E-state index in [9.17, 15) is 9.90 Å². The maximum atomic E-state index is 12.2. The van der Waals surface area contributed by atoms with E-state index >= 15 is 0 Å². The molecular weight excluding hydrogens is 304 g/mol. The van der Waals surface area contributed by atoms with Gasteiger partial charge in [0.1, 0.15) is 5.75 Å². The first kappa shape index (κ1) is 15.8. The smallest absolute Gasteiger partial charge is 0.323 e. The van der Waals surface area contributed by atoms with E-state index in [1.807, 2.05) is 24.3 Å². The van der Waals surface area contributed by atoms with Gasteiger partial charge in [-0.1, -0.05) is 30.3 Å². The third-order valence-electron chi connectivity index (χ3n) is 3.73. The first-order valence-electron chi connectivity index (χ1n) is 7.65. The average Bonchev–Trinajstić information content (AvgIpc) is 2.57. The number of aromatic hydroxyl groups is 1. The minimum absolute atomic E-state index is 0.0984. The largest absolute Gasteiger partial charge is 0.508 e. The van der Waals surface area contributed by atoms with E-state index in [2.05, 4.69) is 10.6 Å². The fourth-order valence-electron chi connectivity index (χ4n) is 2.54. The second-order valence-corrected chi connectivity index (χ2v) is 5.46. The number of hydrogen-bond acceptors (Lipinski definition) is 3. The number of phenols is 1. The van der Waals surface area contributed by atoms with E-state index < -0.39 is 0 Å². The van der Waals surface area contributed by atoms with Gasteiger partial charge in [-0.25, -0.2) is 4.79 Å². The molecule has 0 fully saturated rings. The van der Waals surface area contributed by atoms with E-state index in [1.54, 1.807) is 36.4 Å². The highest BCUT2D eigenvalue weighted by atomic mass is 16.3. The van der Waals surface area contributed by atoms with Crippen molar-refractivity contribution in [3.63, 3.8) is 0 Å². The lowest BCUT2D eigenvalue weighted by molar-refractivity contribution is 0.262. The number of fused-ring (bicyclic) bond motifs is 1. The summed E-state index contributed by atoms with van der Waals surface area (Å²) in [5.41, 5.74) is 2.29. The van der Waals surface area contributed by atoms with E-state index in [4.69, 9.17) is 5.11 Å². The van der Waals surface area contributed by atoms with Gasteiger partial charge in [-0.2, -0.15) is 0 Å². The molecule has 0 aliphatic heterocycles. The fourth-order valence-corrected chi connectivity index (χ4v) is 2.54. The maximum absolute atomic E-state index is 12.2. The van der Waals surface area contributed by atoms with E-state index in [-0.39, 0.29) is 18.4 Å². The average molecular weight is 322 g/mol. The zero-order valence-electron chi connectivity index (χ0n) is 13.0. The highest BCUT2D eigenvalue weighted by molar-refractivity contribution is 6.06. The SMILES string of the molecule is O=C(Nc1ccc(CCO)cc1)Nc1cccc2ccc(O)cc12. The summed E-state index contributed by atoms with van der Waals surface area (Å²) in [6.45, 7) is 0.0984. The van der Waals surface area contributed by atoms with Crippen LogP contribution in [-0.2, 0) is 6.42 Å². The number of aliphatic hydroxyl groups excluding tert-OH is 1. The zero-order valence-corrected chi connectivity index (χ0v) is 13.0. The number of rotatable bonds is 4. The molecule has 5 heteroatoms. The number of nitrogens with one attached hydrogen (secondary N) is 2. The van der Waals surface area contributed by atoms with Crippen LogP contribution in [0.25, 0.3) is 10.8 Å². The topological polar surface area (TPSA) is 81.6 Å². The van der Waals surface area contributed by atoms with Gasteiger partial charge in [-0.3, -0.25) is 0 Å². The van der Waals surface area contributed by atoms with Crippen molar-refractivity contribution in [1.82, 2.24) is 0 Å². The first-order valence-corrected chi connectivity index (χ1v) is 7.65. The standard InChI is InChI=1S/C19H18N2O3/c22-11-10-13-4-7-15(8-5-13)20-19(24)21-18-3-1-2-14-6-9-16(23)12-17(14)18/h1-9,12,22-23H,10-11H2,(H2,20,21,24). The van der Waals surface area contributed by atoms with Crippen LogP contribution >= 0.6 is 0 Å². The monoisotopic (exact) mass is 322 g/mol. The number of carbonyl (C=O) groups excluding carboxylic acids is 1. The maximum Gasteiger partial charge on any atom is 0.323 e. The number of phenolic OH excluding ortho intramolecular Hbond substituents is 1. The predicted octanol–water partition coefficient (Wildman–Crippen LogP) is 3.72. The number of amides is 2. The molecule has 3 aromatic carbocycles. The predicted molar refractivity (Wildman–Crippen MR) is 95.5 cm³/mol. The fraction of sp³-hybridized carbons (Fsp3) is 0.105. The number of hydrogen-bond donors (Lipinski definition) is 4. The van der Waals surface area contributed by atoms with Crippen molar-refractivity contribution in [3.05, 3.63) is 66.2 Å². The molecule has 0 radical (unpaired) electrons. The molecule has 0 aliphatic carbocycles. The number of aliphatic hydroxyl groups is 1. The first-order chi connectivity index (χ1) is 11.7. The lowest BCUT2D eigenvalue weighted by Crippen LogP contribution is -2.19. The molecule has 0 unspecified atom stereocenters. The zero-order chi connectivity index (χ0) is 16.9. The van der Waals surface area contributed by atoms with Gasteiger partial charge in [0.05, 0.1) is 5.69 Å². The second kappa shape index (κ2) is 7.02. The van der Waals surface area contributed by atoms with Gasteiger partial charge in [-0.15, -0.1) is 0 Å². The van der Waals surface area contributed by atoms with Gasteiger partial charge in [0.15, 0.2) is 0 Å². The van der Waals surface area contributed by atoms with Crippen molar-refractivity contribution in [2.45, 2.75) is 6.42 Å². The number of carbonyl (C=O) groups is 1. The van der Waals surface area contributed by atoms with Crippen molar-refractivity contribution in [1.29, 1.82) is 0 Å². The summed E-state index contributed by atoms with van der Waals surface area (Å²) in [5, 5.41) is 25.8. The number of anilines is 2. The van der Waals surface area contributed by atoms with Crippen molar-refractivity contribution in [3.8, 4) is 5.75 Å². The van der Waals surface area contributed by atoms with Crippen LogP contribution in [0.3, 0.4) is 0 Å². The summed E-state index contributed by atoms with van der Waals surface area (Å²) >= 11 is 0. The number of urea groups is 1. The second-order valence-electron chi connectivity index (χ2n) is 5.46. The molecule has 2 amide bonds. The molecule has 0 spiro atoms. The Hall–Kier alpha value is -3.05. The van der Waals surface area contributed by atoms with E-state index in [0.717, 1.165) is 16.3 Å². The minimum atomic E-state index is -0.360. The Balaban J connectivity index is 1.74. The van der Waals surface area contributed by atoms with Crippen LogP contribution in [0.4, 0.5) is 16.2 Å². The summed E-state index contributed by atoms with van der Waals surface area (Å²) in [7, 11) is 0. The molecule has 24 heavy (non-hydrogen) atoms. The van der Waals surface area contributed by atoms with Crippen molar-refractivity contribution >= 4 is 28.2 Å². The molecular formula is C19H18N2O3. The van der Waals surface area contributed by atoms with Crippen LogP contribution in [0.15, 0.2) is 60.7 Å². The van der Waals surface area contributed by atoms with Gasteiger partial charge in [0.25, 0.3) is 0 Å². The highest BCUT2D eigenvalue weighted by Gasteiger charge is 2.07. The molecule has 0 saturated carbocycles. The molecule has 0 atom stereocenters. The van der Waals surface area contributed by atoms with E-state index in [1.165, 1.54) is 0 Å². The van der Waals surface area contributed by atoms with E-state index in [0.29, 0.717) is 17.8 Å². The van der Waals surface area contributed by atoms with Crippen LogP contribution in [0.1, 0.15) is 5.56 Å². The molecule has 0 saturated heterocycles. The summed E-state index contributed by atoms with van der Waals surface area (Å²) in [6, 6.07) is 17.5. The Morgan fingerprint density at radius 3 is 2.50 bits per heavy atom. The van der Waals surface area contributed by atoms with Gasteiger partial charge < -0.3 is 20.8 Å². The molecule has 122 valence electrons. The van der Waals surface area contributed by atoms with Crippen molar-refractivity contribution in [2.24, 2.45) is 0 Å². The molecule has 3 rings (SSSR count). The van der Waals surface area contributed by atoms with Crippen LogP contribution < -0.4 is 10.6 Å². The molecule has 0 aromatic heterocycles. The van der Waals surface area contributed by atoms with Gasteiger partial charge in [-0.05, 0) is 47.7 Å². The minimum Gasteiger partial charge on any atom is -0.508 e. The lowest BCUT2D eigenvalue weighted by Gasteiger charge is -2.11. The van der Waals surface area contributed by atoms with Crippen molar-refractivity contribution in [2.75, 3.05) is 17.2 Å². The molecule has 0 aliphatic rings. The Morgan fingerprint density at radius 1 is 0.958 bits per heavy atom. The van der Waals surface area contributed by atoms with Gasteiger partial charge in [0, 0.05) is 17.7 Å². The third-order valence-corrected chi connectivity index (χ3v) is 3.73. The van der Waals surface area contributed by atoms with Crippen molar-refractivity contribution < 1.29 is 15.0 Å². The van der Waals surface area contributed by atoms with Gasteiger partial charge in [0.2, 0.25) is 0 Å². The van der Waals surface area contributed by atoms with Crippen LogP contribution in [0.2, 0.25) is 0 Å². The molecule has 5 nitrogen and oxygen atoms in total. The number of benzene rings is 3. The lowest BCUT2D eigenvalue weighted by atomic mass is 10.1. The summed E-state index contributed by atoms with van der Waals surface area (Å²) in [4.78, 5) is 12.2. The summed E-state index contributed by atoms with van der Waals surface area (Å²) in [6.07, 6.45) is 0.589. The molecule has 3 aromatic rings. The Kier molecular flexibility index (Phi) is 4.63. The Morgan fingerprint density at radius 2 is 1.75 bits per heavy atom. The summed E-state index contributed by atoms with van der Waals surface area (Å²) < 4.78 is 0. The molecule has 4 N–H and O–H groups in total. The third kappa shape index (κ3) is 3.64. The Labute approximate surface area is 139 Å². The summed E-state index contributed by atoms with van der Waals surface area (Å²) in [5.74, 6) is 0.150.